The summed E-state index contributed by atoms with van der Waals surface area (Å²) < 4.78 is 0.805. The minimum Gasteiger partial charge on any atom is -0.355 e. The van der Waals surface area contributed by atoms with Crippen LogP contribution in [0.1, 0.15) is 43.4 Å². The van der Waals surface area contributed by atoms with Crippen LogP contribution in [-0.4, -0.2) is 29.1 Å². The van der Waals surface area contributed by atoms with Crippen LogP contribution in [0.3, 0.4) is 0 Å². The standard InChI is InChI=1S/C22H27N3O2S2/c1-16-7-9-18(10-8-16)24-21(27)15-29-22-25-19(14-28-22)13-20(26)23-12-11-17-5-3-2-4-6-17/h5,7-10,14H,2-4,6,11-13,15H2,1H3,(H,23,26)(H,24,27). The van der Waals surface area contributed by atoms with Crippen molar-refractivity contribution in [3.63, 3.8) is 0 Å². The van der Waals surface area contributed by atoms with Crippen LogP contribution in [0.4, 0.5) is 5.69 Å². The van der Waals surface area contributed by atoms with E-state index in [0.717, 1.165) is 27.7 Å². The molecule has 0 unspecified atom stereocenters. The molecule has 3 rings (SSSR count). The number of amides is 2. The van der Waals surface area contributed by atoms with Crippen LogP contribution in [0.15, 0.2) is 45.6 Å². The maximum Gasteiger partial charge on any atom is 0.234 e. The van der Waals surface area contributed by atoms with Crippen molar-refractivity contribution in [2.75, 3.05) is 17.6 Å². The molecule has 7 heteroatoms. The molecule has 2 N–H and O–H groups in total. The molecule has 0 bridgehead atoms. The number of anilines is 1. The average molecular weight is 430 g/mol. The molecule has 5 nitrogen and oxygen atoms in total. The molecule has 29 heavy (non-hydrogen) atoms. The number of rotatable bonds is 9. The summed E-state index contributed by atoms with van der Waals surface area (Å²) in [5.41, 5.74) is 4.17. The van der Waals surface area contributed by atoms with E-state index in [1.54, 1.807) is 0 Å². The molecular formula is C22H27N3O2S2. The maximum absolute atomic E-state index is 12.1. The van der Waals surface area contributed by atoms with E-state index >= 15 is 0 Å². The van der Waals surface area contributed by atoms with Crippen molar-refractivity contribution in [3.05, 3.63) is 52.6 Å². The van der Waals surface area contributed by atoms with Crippen molar-refractivity contribution in [3.8, 4) is 0 Å². The molecule has 1 aliphatic rings. The lowest BCUT2D eigenvalue weighted by molar-refractivity contribution is -0.120. The van der Waals surface area contributed by atoms with Crippen molar-refractivity contribution < 1.29 is 9.59 Å². The molecule has 1 heterocycles. The number of allylic oxidation sites excluding steroid dienone is 1. The fourth-order valence-electron chi connectivity index (χ4n) is 3.12. The lowest BCUT2D eigenvalue weighted by atomic mass is 9.97. The zero-order chi connectivity index (χ0) is 20.5. The van der Waals surface area contributed by atoms with Crippen LogP contribution in [0.25, 0.3) is 0 Å². The lowest BCUT2D eigenvalue weighted by Crippen LogP contribution is -2.26. The lowest BCUT2D eigenvalue weighted by Gasteiger charge is -2.12. The Morgan fingerprint density at radius 2 is 2.00 bits per heavy atom. The first-order valence-electron chi connectivity index (χ1n) is 9.97. The molecule has 2 aromatic rings. The SMILES string of the molecule is Cc1ccc(NC(=O)CSc2nc(CC(=O)NCCC3=CCCCC3)cs2)cc1. The highest BCUT2D eigenvalue weighted by Crippen LogP contribution is 2.23. The van der Waals surface area contributed by atoms with Crippen molar-refractivity contribution in [1.29, 1.82) is 0 Å². The first-order valence-corrected chi connectivity index (χ1v) is 11.8. The second-order valence-electron chi connectivity index (χ2n) is 7.19. The monoisotopic (exact) mass is 429 g/mol. The van der Waals surface area contributed by atoms with E-state index in [1.807, 2.05) is 36.6 Å². The molecule has 0 radical (unpaired) electrons. The van der Waals surface area contributed by atoms with Crippen molar-refractivity contribution in [2.45, 2.75) is 49.8 Å². The second-order valence-corrected chi connectivity index (χ2v) is 9.27. The van der Waals surface area contributed by atoms with E-state index in [2.05, 4.69) is 21.7 Å². The Morgan fingerprint density at radius 1 is 1.17 bits per heavy atom. The second kappa shape index (κ2) is 11.2. The number of thiazole rings is 1. The summed E-state index contributed by atoms with van der Waals surface area (Å²) in [7, 11) is 0. The van der Waals surface area contributed by atoms with Gasteiger partial charge in [0.15, 0.2) is 4.34 Å². The Hall–Kier alpha value is -2.12. The number of carbonyl (C=O) groups is 2. The molecule has 1 aromatic heterocycles. The Kier molecular flexibility index (Phi) is 8.31. The Balaban J connectivity index is 1.36. The van der Waals surface area contributed by atoms with Gasteiger partial charge in [0.25, 0.3) is 0 Å². The van der Waals surface area contributed by atoms with Gasteiger partial charge in [-0.05, 0) is 51.2 Å². The molecule has 0 saturated heterocycles. The van der Waals surface area contributed by atoms with E-state index in [1.165, 1.54) is 54.4 Å². The summed E-state index contributed by atoms with van der Waals surface area (Å²) >= 11 is 2.86. The normalized spacial score (nSPS) is 13.6. The highest BCUT2D eigenvalue weighted by atomic mass is 32.2. The number of aromatic nitrogens is 1. The number of aryl methyl sites for hydroxylation is 1. The van der Waals surface area contributed by atoms with Crippen LogP contribution < -0.4 is 10.6 Å². The van der Waals surface area contributed by atoms with Crippen LogP contribution in [0, 0.1) is 6.92 Å². The van der Waals surface area contributed by atoms with Gasteiger partial charge < -0.3 is 10.6 Å². The molecule has 154 valence electrons. The Bertz CT molecular complexity index is 859. The average Bonchev–Trinajstić information content (AvgIpc) is 3.16. The van der Waals surface area contributed by atoms with Crippen molar-refractivity contribution >= 4 is 40.6 Å². The summed E-state index contributed by atoms with van der Waals surface area (Å²) in [6.45, 7) is 2.70. The fraction of sp³-hybridized carbons (Fsp3) is 0.409. The molecule has 1 aromatic carbocycles. The third kappa shape index (κ3) is 7.66. The summed E-state index contributed by atoms with van der Waals surface area (Å²) in [5, 5.41) is 7.75. The minimum atomic E-state index is -0.0645. The zero-order valence-electron chi connectivity index (χ0n) is 16.7. The van der Waals surface area contributed by atoms with Crippen LogP contribution in [0.2, 0.25) is 0 Å². The number of hydrogen-bond acceptors (Lipinski definition) is 5. The van der Waals surface area contributed by atoms with Crippen LogP contribution in [0.5, 0.6) is 0 Å². The van der Waals surface area contributed by atoms with Gasteiger partial charge in [-0.15, -0.1) is 11.3 Å². The van der Waals surface area contributed by atoms with Gasteiger partial charge in [-0.1, -0.05) is 41.1 Å². The number of hydrogen-bond donors (Lipinski definition) is 2. The third-order valence-electron chi connectivity index (χ3n) is 4.69. The molecule has 0 saturated carbocycles. The van der Waals surface area contributed by atoms with Gasteiger partial charge in [0, 0.05) is 17.6 Å². The number of nitrogens with one attached hydrogen (secondary N) is 2. The summed E-state index contributed by atoms with van der Waals surface area (Å²) in [4.78, 5) is 28.7. The molecular weight excluding hydrogens is 402 g/mol. The van der Waals surface area contributed by atoms with Gasteiger partial charge in [-0.3, -0.25) is 9.59 Å². The number of thioether (sulfide) groups is 1. The molecule has 2 amide bonds. The van der Waals surface area contributed by atoms with Gasteiger partial charge in [-0.25, -0.2) is 4.98 Å². The van der Waals surface area contributed by atoms with Gasteiger partial charge in [0.05, 0.1) is 17.9 Å². The van der Waals surface area contributed by atoms with Crippen LogP contribution in [-0.2, 0) is 16.0 Å². The van der Waals surface area contributed by atoms with Gasteiger partial charge >= 0.3 is 0 Å². The fourth-order valence-corrected chi connectivity index (χ4v) is 4.76. The summed E-state index contributed by atoms with van der Waals surface area (Å²) in [6.07, 6.45) is 8.43. The van der Waals surface area contributed by atoms with Crippen molar-refractivity contribution in [1.82, 2.24) is 10.3 Å². The summed E-state index contributed by atoms with van der Waals surface area (Å²) in [5.74, 6) is 0.230. The topological polar surface area (TPSA) is 71.1 Å². The number of carbonyl (C=O) groups excluding carboxylic acids is 2. The Labute approximate surface area is 180 Å². The Morgan fingerprint density at radius 3 is 2.76 bits per heavy atom. The maximum atomic E-state index is 12.1. The zero-order valence-corrected chi connectivity index (χ0v) is 18.3. The number of benzene rings is 1. The van der Waals surface area contributed by atoms with Gasteiger partial charge in [-0.2, -0.15) is 0 Å². The molecule has 0 fully saturated rings. The van der Waals surface area contributed by atoms with E-state index in [4.69, 9.17) is 0 Å². The predicted octanol–water partition coefficient (Wildman–Crippen LogP) is 4.73. The first-order chi connectivity index (χ1) is 14.1. The smallest absolute Gasteiger partial charge is 0.234 e. The van der Waals surface area contributed by atoms with Crippen LogP contribution >= 0.6 is 23.1 Å². The first kappa shape index (κ1) is 21.6. The minimum absolute atomic E-state index is 0.000346. The molecule has 0 aliphatic heterocycles. The van der Waals surface area contributed by atoms with E-state index < -0.39 is 0 Å². The quantitative estimate of drug-likeness (QED) is 0.446. The van der Waals surface area contributed by atoms with E-state index in [-0.39, 0.29) is 18.2 Å². The van der Waals surface area contributed by atoms with E-state index in [9.17, 15) is 9.59 Å². The van der Waals surface area contributed by atoms with Crippen molar-refractivity contribution in [2.24, 2.45) is 0 Å². The van der Waals surface area contributed by atoms with Gasteiger partial charge in [0.1, 0.15) is 0 Å². The van der Waals surface area contributed by atoms with Gasteiger partial charge in [0.2, 0.25) is 11.8 Å². The predicted molar refractivity (Wildman–Crippen MR) is 121 cm³/mol. The molecule has 1 aliphatic carbocycles. The highest BCUT2D eigenvalue weighted by Gasteiger charge is 2.11. The summed E-state index contributed by atoms with van der Waals surface area (Å²) in [6, 6.07) is 7.71. The third-order valence-corrected chi connectivity index (χ3v) is 6.76. The highest BCUT2D eigenvalue weighted by molar-refractivity contribution is 8.01. The largest absolute Gasteiger partial charge is 0.355 e. The number of nitrogens with zero attached hydrogens (tertiary/aromatic N) is 1. The molecule has 0 atom stereocenters. The van der Waals surface area contributed by atoms with E-state index in [0.29, 0.717) is 12.3 Å². The molecule has 0 spiro atoms.